The number of halogens is 3. The van der Waals surface area contributed by atoms with Crippen molar-refractivity contribution in [3.8, 4) is 11.5 Å². The summed E-state index contributed by atoms with van der Waals surface area (Å²) in [6, 6.07) is 14.9. The van der Waals surface area contributed by atoms with Crippen molar-refractivity contribution in [2.45, 2.75) is 37.5 Å². The van der Waals surface area contributed by atoms with Crippen LogP contribution in [0.15, 0.2) is 59.0 Å². The van der Waals surface area contributed by atoms with Crippen LogP contribution in [0.2, 0.25) is 0 Å². The first-order valence-electron chi connectivity index (χ1n) is 10.5. The van der Waals surface area contributed by atoms with Gasteiger partial charge in [-0.3, -0.25) is 4.79 Å². The molecule has 3 aromatic rings. The average Bonchev–Trinajstić information content (AvgIpc) is 3.34. The van der Waals surface area contributed by atoms with Crippen molar-refractivity contribution in [2.75, 3.05) is 12.4 Å². The third-order valence-corrected chi connectivity index (χ3v) is 6.65. The van der Waals surface area contributed by atoms with Gasteiger partial charge < -0.3 is 19.2 Å². The summed E-state index contributed by atoms with van der Waals surface area (Å²) in [6.45, 7) is 3.67. The molecule has 8 heteroatoms. The van der Waals surface area contributed by atoms with Crippen LogP contribution in [0.5, 0.6) is 11.5 Å². The van der Waals surface area contributed by atoms with Gasteiger partial charge in [-0.15, -0.1) is 0 Å². The molecule has 5 nitrogen and oxygen atoms in total. The summed E-state index contributed by atoms with van der Waals surface area (Å²) < 4.78 is 56.3. The zero-order valence-corrected chi connectivity index (χ0v) is 18.2. The quantitative estimate of drug-likeness (QED) is 0.558. The molecule has 1 N–H and O–H groups in total. The predicted octanol–water partition coefficient (Wildman–Crippen LogP) is 5.58. The van der Waals surface area contributed by atoms with Crippen molar-refractivity contribution in [2.24, 2.45) is 5.92 Å². The van der Waals surface area contributed by atoms with Crippen LogP contribution in [0.3, 0.4) is 0 Å². The monoisotopic (exact) mass is 457 g/mol. The highest BCUT2D eigenvalue weighted by Crippen LogP contribution is 2.58. The molecule has 0 radical (unpaired) electrons. The normalized spacial score (nSPS) is 23.0. The molecule has 33 heavy (non-hydrogen) atoms. The highest BCUT2D eigenvalue weighted by Gasteiger charge is 2.62. The van der Waals surface area contributed by atoms with Crippen molar-refractivity contribution >= 4 is 11.6 Å². The lowest BCUT2D eigenvalue weighted by molar-refractivity contribution is -0.153. The van der Waals surface area contributed by atoms with E-state index in [1.165, 1.54) is 6.07 Å². The summed E-state index contributed by atoms with van der Waals surface area (Å²) in [5.41, 5.74) is -0.0599. The number of hydrogen-bond acceptors (Lipinski definition) is 4. The Morgan fingerprint density at radius 1 is 1.06 bits per heavy atom. The minimum Gasteiger partial charge on any atom is -0.497 e. The van der Waals surface area contributed by atoms with Gasteiger partial charge in [0.25, 0.3) is 0 Å². The molecule has 172 valence electrons. The SMILES string of the molecule is COc1ccc2c(c1)OC(C)(C)C(Cc1ccc(C(F)(F)F)o1)C21C(=O)Nc2ccccc21. The van der Waals surface area contributed by atoms with Crippen LogP contribution in [0.4, 0.5) is 18.9 Å². The van der Waals surface area contributed by atoms with Crippen molar-refractivity contribution in [3.63, 3.8) is 0 Å². The van der Waals surface area contributed by atoms with Gasteiger partial charge in [0.05, 0.1) is 7.11 Å². The van der Waals surface area contributed by atoms with Gasteiger partial charge in [0.15, 0.2) is 0 Å². The van der Waals surface area contributed by atoms with Crippen LogP contribution in [0.25, 0.3) is 0 Å². The molecule has 2 atom stereocenters. The Labute approximate surface area is 188 Å². The molecule has 3 heterocycles. The van der Waals surface area contributed by atoms with E-state index in [0.717, 1.165) is 11.6 Å². The van der Waals surface area contributed by atoms with E-state index in [-0.39, 0.29) is 18.1 Å². The van der Waals surface area contributed by atoms with Crippen molar-refractivity contribution < 1.29 is 31.9 Å². The first kappa shape index (κ1) is 21.4. The van der Waals surface area contributed by atoms with E-state index in [2.05, 4.69) is 5.32 Å². The largest absolute Gasteiger partial charge is 0.497 e. The van der Waals surface area contributed by atoms with Crippen LogP contribution in [-0.2, 0) is 22.8 Å². The third-order valence-electron chi connectivity index (χ3n) is 6.65. The second-order valence-electron chi connectivity index (χ2n) is 8.90. The number of furan rings is 1. The molecule has 2 aliphatic heterocycles. The van der Waals surface area contributed by atoms with Gasteiger partial charge in [0.2, 0.25) is 11.7 Å². The maximum Gasteiger partial charge on any atom is 0.449 e. The Balaban J connectivity index is 1.73. The number of carbonyl (C=O) groups excluding carboxylic acids is 1. The number of ether oxygens (including phenoxy) is 2. The Morgan fingerprint density at radius 3 is 2.52 bits per heavy atom. The Morgan fingerprint density at radius 2 is 1.82 bits per heavy atom. The van der Waals surface area contributed by atoms with Crippen LogP contribution in [0, 0.1) is 5.92 Å². The number of benzene rings is 2. The lowest BCUT2D eigenvalue weighted by Crippen LogP contribution is -2.58. The zero-order valence-electron chi connectivity index (χ0n) is 18.2. The lowest BCUT2D eigenvalue weighted by Gasteiger charge is -2.50. The van der Waals surface area contributed by atoms with Gasteiger partial charge in [-0.2, -0.15) is 13.2 Å². The minimum atomic E-state index is -4.59. The van der Waals surface area contributed by atoms with Gasteiger partial charge in [0, 0.05) is 29.7 Å². The highest BCUT2D eigenvalue weighted by atomic mass is 19.4. The van der Waals surface area contributed by atoms with Crippen molar-refractivity contribution in [3.05, 3.63) is 77.2 Å². The Kier molecular flexibility index (Phi) is 4.57. The number of carbonyl (C=O) groups is 1. The molecule has 1 amide bonds. The summed E-state index contributed by atoms with van der Waals surface area (Å²) in [7, 11) is 1.54. The van der Waals surface area contributed by atoms with Crippen molar-refractivity contribution in [1.82, 2.24) is 0 Å². The summed E-state index contributed by atoms with van der Waals surface area (Å²) in [4.78, 5) is 13.8. The van der Waals surface area contributed by atoms with E-state index in [1.807, 2.05) is 38.1 Å². The molecule has 2 aromatic carbocycles. The molecule has 5 rings (SSSR count). The number of anilines is 1. The fraction of sp³-hybridized carbons (Fsp3) is 0.320. The molecule has 0 saturated carbocycles. The second kappa shape index (κ2) is 7.04. The molecule has 0 saturated heterocycles. The number of hydrogen-bond donors (Lipinski definition) is 1. The van der Waals surface area contributed by atoms with Crippen LogP contribution in [-0.4, -0.2) is 18.6 Å². The van der Waals surface area contributed by atoms with Crippen LogP contribution >= 0.6 is 0 Å². The minimum absolute atomic E-state index is 0.0658. The summed E-state index contributed by atoms with van der Waals surface area (Å²) in [5, 5.41) is 2.97. The van der Waals surface area contributed by atoms with Crippen LogP contribution < -0.4 is 14.8 Å². The van der Waals surface area contributed by atoms with E-state index >= 15 is 0 Å². The van der Waals surface area contributed by atoms with E-state index in [0.29, 0.717) is 22.7 Å². The standard InChI is InChI=1S/C25H22F3NO4/c1-23(2)20(13-15-9-11-21(32-15)25(26,27)28)24(16-6-4-5-7-18(16)29-22(24)30)17-10-8-14(31-3)12-19(17)33-23/h4-12,20H,13H2,1-3H3,(H,29,30). The zero-order chi connectivity index (χ0) is 23.6. The number of fused-ring (bicyclic) bond motifs is 4. The summed E-state index contributed by atoms with van der Waals surface area (Å²) >= 11 is 0. The average molecular weight is 457 g/mol. The van der Waals surface area contributed by atoms with Gasteiger partial charge in [-0.25, -0.2) is 0 Å². The van der Waals surface area contributed by atoms with Gasteiger partial charge in [-0.1, -0.05) is 24.3 Å². The predicted molar refractivity (Wildman–Crippen MR) is 114 cm³/mol. The Hall–Kier alpha value is -3.42. The molecule has 1 aromatic heterocycles. The Bertz CT molecular complexity index is 1250. The fourth-order valence-corrected chi connectivity index (χ4v) is 5.24. The van der Waals surface area contributed by atoms with Gasteiger partial charge in [-0.05, 0) is 43.7 Å². The number of para-hydroxylation sites is 1. The highest BCUT2D eigenvalue weighted by molar-refractivity contribution is 6.09. The van der Waals surface area contributed by atoms with E-state index in [9.17, 15) is 18.0 Å². The van der Waals surface area contributed by atoms with E-state index in [4.69, 9.17) is 13.9 Å². The molecule has 2 unspecified atom stereocenters. The molecule has 2 aliphatic rings. The maximum atomic E-state index is 13.8. The topological polar surface area (TPSA) is 60.7 Å². The maximum absolute atomic E-state index is 13.8. The molecular weight excluding hydrogens is 435 g/mol. The second-order valence-corrected chi connectivity index (χ2v) is 8.90. The number of amides is 1. The molecule has 0 bridgehead atoms. The van der Waals surface area contributed by atoms with E-state index in [1.54, 1.807) is 25.3 Å². The number of nitrogens with one attached hydrogen (secondary N) is 1. The molecule has 0 fully saturated rings. The van der Waals surface area contributed by atoms with Crippen molar-refractivity contribution in [1.29, 1.82) is 0 Å². The molecule has 0 aliphatic carbocycles. The van der Waals surface area contributed by atoms with E-state index < -0.39 is 28.9 Å². The number of methoxy groups -OCH3 is 1. The molecule has 1 spiro atoms. The molecular formula is C25H22F3NO4. The number of alkyl halides is 3. The third kappa shape index (κ3) is 3.11. The smallest absolute Gasteiger partial charge is 0.449 e. The first-order chi connectivity index (χ1) is 15.6. The van der Waals surface area contributed by atoms with Crippen LogP contribution in [0.1, 0.15) is 36.5 Å². The first-order valence-corrected chi connectivity index (χ1v) is 10.5. The van der Waals surface area contributed by atoms with Gasteiger partial charge >= 0.3 is 6.18 Å². The number of rotatable bonds is 3. The fourth-order valence-electron chi connectivity index (χ4n) is 5.24. The van der Waals surface area contributed by atoms with Gasteiger partial charge in [0.1, 0.15) is 28.3 Å². The summed E-state index contributed by atoms with van der Waals surface area (Å²) in [6.07, 6.45) is -4.52. The summed E-state index contributed by atoms with van der Waals surface area (Å²) in [5.74, 6) is -0.676. The lowest BCUT2D eigenvalue weighted by atomic mass is 9.58.